The molecule has 0 fully saturated rings. The van der Waals surface area contributed by atoms with Crippen molar-refractivity contribution in [2.24, 2.45) is 35.5 Å². The molecule has 2 aromatic rings. The predicted molar refractivity (Wildman–Crippen MR) is 282 cm³/mol. The molecular formula is C62H92O4. The lowest BCUT2D eigenvalue weighted by atomic mass is 9.83. The molecule has 0 radical (unpaired) electrons. The van der Waals surface area contributed by atoms with Crippen molar-refractivity contribution >= 4 is 23.1 Å². The highest BCUT2D eigenvalue weighted by Crippen LogP contribution is 2.31. The summed E-state index contributed by atoms with van der Waals surface area (Å²) in [6, 6.07) is 14.4. The number of allylic oxidation sites excluding steroid dienone is 8. The molecule has 0 spiro atoms. The maximum atomic E-state index is 12.9. The minimum absolute atomic E-state index is 0.00526. The van der Waals surface area contributed by atoms with Crippen LogP contribution in [0, 0.1) is 35.5 Å². The van der Waals surface area contributed by atoms with Gasteiger partial charge in [-0.15, -0.1) is 0 Å². The molecule has 0 aromatic heterocycles. The Labute approximate surface area is 404 Å². The van der Waals surface area contributed by atoms with Crippen LogP contribution in [0.4, 0.5) is 0 Å². The minimum atomic E-state index is -0.00526. The second-order valence-electron chi connectivity index (χ2n) is 21.8. The molecule has 4 rings (SSSR count). The molecule has 0 amide bonds. The van der Waals surface area contributed by atoms with Gasteiger partial charge in [0, 0.05) is 44.5 Å². The van der Waals surface area contributed by atoms with Crippen molar-refractivity contribution in [3.05, 3.63) is 116 Å². The lowest BCUT2D eigenvalue weighted by molar-refractivity contribution is 0.0973. The van der Waals surface area contributed by atoms with E-state index in [1.54, 1.807) is 38.1 Å². The van der Waals surface area contributed by atoms with Crippen LogP contribution in [0.25, 0.3) is 0 Å². The number of hydrogen-bond acceptors (Lipinski definition) is 4. The first-order valence-corrected chi connectivity index (χ1v) is 26.5. The smallest absolute Gasteiger partial charge is 0.190 e. The van der Waals surface area contributed by atoms with Crippen LogP contribution in [0.3, 0.4) is 0 Å². The monoisotopic (exact) mass is 901 g/mol. The van der Waals surface area contributed by atoms with Gasteiger partial charge >= 0.3 is 0 Å². The van der Waals surface area contributed by atoms with E-state index in [0.717, 1.165) is 48.3 Å². The van der Waals surface area contributed by atoms with E-state index in [9.17, 15) is 19.2 Å². The molecule has 2 aliphatic rings. The molecule has 364 valence electrons. The van der Waals surface area contributed by atoms with Gasteiger partial charge in [0.25, 0.3) is 0 Å². The van der Waals surface area contributed by atoms with Crippen LogP contribution >= 0.6 is 0 Å². The van der Waals surface area contributed by atoms with E-state index in [-0.39, 0.29) is 23.1 Å². The van der Waals surface area contributed by atoms with Crippen molar-refractivity contribution < 1.29 is 19.2 Å². The number of fused-ring (bicyclic) bond motifs is 2. The minimum Gasteiger partial charge on any atom is -0.289 e. The number of rotatable bonds is 28. The van der Waals surface area contributed by atoms with Crippen molar-refractivity contribution in [1.29, 1.82) is 0 Å². The summed E-state index contributed by atoms with van der Waals surface area (Å²) < 4.78 is 0. The Morgan fingerprint density at radius 3 is 0.939 bits per heavy atom. The highest BCUT2D eigenvalue weighted by Gasteiger charge is 2.30. The molecule has 2 aliphatic carbocycles. The Kier molecular flexibility index (Phi) is 25.4. The van der Waals surface area contributed by atoms with Crippen LogP contribution in [0.5, 0.6) is 0 Å². The van der Waals surface area contributed by atoms with Crippen molar-refractivity contribution in [1.82, 2.24) is 0 Å². The predicted octanol–water partition coefficient (Wildman–Crippen LogP) is 18.3. The first kappa shape index (κ1) is 56.4. The van der Waals surface area contributed by atoms with Gasteiger partial charge in [-0.3, -0.25) is 19.2 Å². The Morgan fingerprint density at radius 1 is 0.394 bits per heavy atom. The van der Waals surface area contributed by atoms with Crippen molar-refractivity contribution in [2.45, 2.75) is 212 Å². The third-order valence-electron chi connectivity index (χ3n) is 14.6. The van der Waals surface area contributed by atoms with Crippen LogP contribution < -0.4 is 0 Å². The Hall–Kier alpha value is -3.92. The number of benzene rings is 2. The molecule has 4 nitrogen and oxygen atoms in total. The summed E-state index contributed by atoms with van der Waals surface area (Å²) in [5.74, 6) is 4.96. The Morgan fingerprint density at radius 2 is 0.652 bits per heavy atom. The molecule has 2 aromatic carbocycles. The Bertz CT molecular complexity index is 1850. The van der Waals surface area contributed by atoms with Crippen molar-refractivity contribution in [2.75, 3.05) is 0 Å². The summed E-state index contributed by atoms with van der Waals surface area (Å²) in [5, 5.41) is 0. The number of ketones is 4. The maximum absolute atomic E-state index is 12.9. The van der Waals surface area contributed by atoms with Gasteiger partial charge in [0.1, 0.15) is 0 Å². The summed E-state index contributed by atoms with van der Waals surface area (Å²) >= 11 is 0. The highest BCUT2D eigenvalue weighted by molar-refractivity contribution is 6.27. The standard InChI is InChI=1S/2C31H46O2/c2*1-22(2)12-9-13-23(3)14-10-15-24(4)16-11-17-25(5)20-21-27-26(6)30(32)28-18-7-8-19-29(28)31(27)33/h2*7-8,18-20,22-24H,9-17,21H2,1-6H3/b2*25-20+/t2*23-,24-/m11/s1. The van der Waals surface area contributed by atoms with E-state index in [0.29, 0.717) is 57.4 Å². The second-order valence-corrected chi connectivity index (χ2v) is 21.8. The fourth-order valence-electron chi connectivity index (χ4n) is 9.77. The average Bonchev–Trinajstić information content (AvgIpc) is 3.27. The van der Waals surface area contributed by atoms with Crippen molar-refractivity contribution in [3.63, 3.8) is 0 Å². The third kappa shape index (κ3) is 19.4. The maximum Gasteiger partial charge on any atom is 0.190 e. The molecule has 0 N–H and O–H groups in total. The first-order chi connectivity index (χ1) is 31.4. The molecule has 0 heterocycles. The average molecular weight is 901 g/mol. The van der Waals surface area contributed by atoms with Gasteiger partial charge in [-0.1, -0.05) is 217 Å². The third-order valence-corrected chi connectivity index (χ3v) is 14.6. The van der Waals surface area contributed by atoms with Gasteiger partial charge in [-0.25, -0.2) is 0 Å². The van der Waals surface area contributed by atoms with Crippen LogP contribution in [0.2, 0.25) is 0 Å². The first-order valence-electron chi connectivity index (χ1n) is 26.5. The van der Waals surface area contributed by atoms with Gasteiger partial charge in [0.2, 0.25) is 0 Å². The second kappa shape index (κ2) is 29.8. The number of carbonyl (C=O) groups excluding carboxylic acids is 4. The van der Waals surface area contributed by atoms with Crippen LogP contribution in [-0.2, 0) is 0 Å². The Balaban J connectivity index is 0.000000350. The van der Waals surface area contributed by atoms with Gasteiger partial charge in [-0.05, 0) is 102 Å². The summed E-state index contributed by atoms with van der Waals surface area (Å²) in [6.45, 7) is 26.8. The highest BCUT2D eigenvalue weighted by atomic mass is 16.1. The summed E-state index contributed by atoms with van der Waals surface area (Å²) in [6.07, 6.45) is 28.8. The van der Waals surface area contributed by atoms with E-state index in [4.69, 9.17) is 0 Å². The number of Topliss-reactive ketones (excluding diaryl/α,β-unsaturated/α-hetero) is 4. The summed E-state index contributed by atoms with van der Waals surface area (Å²) in [5.41, 5.74) is 7.37. The normalized spacial score (nSPS) is 16.4. The molecule has 0 saturated carbocycles. The molecule has 66 heavy (non-hydrogen) atoms. The summed E-state index contributed by atoms with van der Waals surface area (Å²) in [7, 11) is 0. The van der Waals surface area contributed by atoms with Crippen molar-refractivity contribution in [3.8, 4) is 0 Å². The van der Waals surface area contributed by atoms with Crippen LogP contribution in [0.1, 0.15) is 253 Å². The zero-order valence-electron chi connectivity index (χ0n) is 44.0. The molecule has 0 aliphatic heterocycles. The summed E-state index contributed by atoms with van der Waals surface area (Å²) in [4.78, 5) is 51.1. The topological polar surface area (TPSA) is 68.3 Å². The fourth-order valence-corrected chi connectivity index (χ4v) is 9.77. The van der Waals surface area contributed by atoms with Gasteiger partial charge in [0.15, 0.2) is 23.1 Å². The zero-order valence-corrected chi connectivity index (χ0v) is 44.0. The molecule has 0 saturated heterocycles. The van der Waals surface area contributed by atoms with E-state index in [1.807, 2.05) is 24.3 Å². The van der Waals surface area contributed by atoms with E-state index >= 15 is 0 Å². The van der Waals surface area contributed by atoms with E-state index < -0.39 is 0 Å². The van der Waals surface area contributed by atoms with E-state index in [2.05, 4.69) is 81.4 Å². The molecule has 0 bridgehead atoms. The van der Waals surface area contributed by atoms with Gasteiger partial charge in [0.05, 0.1) is 0 Å². The zero-order chi connectivity index (χ0) is 48.8. The lowest BCUT2D eigenvalue weighted by Crippen LogP contribution is -2.20. The molecular weight excluding hydrogens is 809 g/mol. The largest absolute Gasteiger partial charge is 0.289 e. The van der Waals surface area contributed by atoms with Crippen LogP contribution in [-0.4, -0.2) is 23.1 Å². The van der Waals surface area contributed by atoms with Gasteiger partial charge < -0.3 is 0 Å². The van der Waals surface area contributed by atoms with E-state index in [1.165, 1.54) is 114 Å². The number of hydrogen-bond donors (Lipinski definition) is 0. The molecule has 4 heteroatoms. The SMILES string of the molecule is CC1=C(C/C=C(\C)CCC[C@H](C)CCC[C@H](C)CCCC(C)C)C(=O)c2ccccc2C1=O.CC1=C(C/C=C(\C)CCC[C@H](C)CCC[C@H](C)CCCC(C)C)C(=O)c2ccccc2C1=O. The molecule has 0 unspecified atom stereocenters. The van der Waals surface area contributed by atoms with Crippen LogP contribution in [0.15, 0.2) is 94.1 Å². The number of carbonyl (C=O) groups is 4. The molecule has 4 atom stereocenters. The fraction of sp³-hybridized carbons (Fsp3) is 0.613. The quantitative estimate of drug-likeness (QED) is 0.0798. The van der Waals surface area contributed by atoms with Gasteiger partial charge in [-0.2, -0.15) is 0 Å². The lowest BCUT2D eigenvalue weighted by Gasteiger charge is -2.18.